The molecule has 0 aliphatic heterocycles. The fourth-order valence-electron chi connectivity index (χ4n) is 1.66. The van der Waals surface area contributed by atoms with Crippen LogP contribution in [0.25, 0.3) is 0 Å². The van der Waals surface area contributed by atoms with Crippen LogP contribution in [0.5, 0.6) is 5.75 Å². The van der Waals surface area contributed by atoms with E-state index >= 15 is 0 Å². The summed E-state index contributed by atoms with van der Waals surface area (Å²) in [5, 5.41) is 8.56. The molecule has 0 aliphatic carbocycles. The lowest BCUT2D eigenvalue weighted by molar-refractivity contribution is -0.137. The van der Waals surface area contributed by atoms with Gasteiger partial charge < -0.3 is 20.5 Å². The number of carboxylic acid groups (broad SMARTS) is 1. The first kappa shape index (κ1) is 14.8. The summed E-state index contributed by atoms with van der Waals surface area (Å²) < 4.78 is 5.12. The number of nitrogen functional groups attached to an aromatic ring is 1. The molecular weight excluding hydrogens is 248 g/mol. The third kappa shape index (κ3) is 4.17. The van der Waals surface area contributed by atoms with Crippen LogP contribution in [0.4, 0.5) is 5.69 Å². The van der Waals surface area contributed by atoms with Crippen molar-refractivity contribution in [2.75, 3.05) is 26.4 Å². The standard InChI is InChI=1S/C13H18N2O4/c1-15(7-3-4-12(16)17)13(18)10-6-5-9(14)8-11(10)19-2/h5-6,8H,3-4,7,14H2,1-2H3,(H,16,17). The first-order valence-corrected chi connectivity index (χ1v) is 5.86. The molecule has 1 aromatic carbocycles. The maximum absolute atomic E-state index is 12.2. The molecule has 3 N–H and O–H groups in total. The molecule has 0 saturated carbocycles. The third-order valence-corrected chi connectivity index (χ3v) is 2.69. The molecular formula is C13H18N2O4. The SMILES string of the molecule is COc1cc(N)ccc1C(=O)N(C)CCCC(=O)O. The Morgan fingerprint density at radius 3 is 2.68 bits per heavy atom. The Kier molecular flexibility index (Phi) is 5.17. The van der Waals surface area contributed by atoms with Crippen LogP contribution in [0.2, 0.25) is 0 Å². The Bertz CT molecular complexity index is 474. The normalized spacial score (nSPS) is 10.0. The number of ether oxygens (including phenoxy) is 1. The molecule has 0 fully saturated rings. The molecule has 0 aromatic heterocycles. The summed E-state index contributed by atoms with van der Waals surface area (Å²) >= 11 is 0. The molecule has 19 heavy (non-hydrogen) atoms. The second kappa shape index (κ2) is 6.63. The molecule has 6 heteroatoms. The Morgan fingerprint density at radius 2 is 2.11 bits per heavy atom. The first-order valence-electron chi connectivity index (χ1n) is 5.86. The van der Waals surface area contributed by atoms with Gasteiger partial charge >= 0.3 is 5.97 Å². The van der Waals surface area contributed by atoms with Gasteiger partial charge in [0.25, 0.3) is 5.91 Å². The number of carbonyl (C=O) groups is 2. The van der Waals surface area contributed by atoms with Crippen molar-refractivity contribution in [1.29, 1.82) is 0 Å². The Labute approximate surface area is 111 Å². The maximum atomic E-state index is 12.2. The van der Waals surface area contributed by atoms with Gasteiger partial charge in [0.05, 0.1) is 12.7 Å². The summed E-state index contributed by atoms with van der Waals surface area (Å²) in [6.07, 6.45) is 0.450. The van der Waals surface area contributed by atoms with Crippen LogP contribution in [0, 0.1) is 0 Å². The number of hydrogen-bond acceptors (Lipinski definition) is 4. The number of rotatable bonds is 6. The summed E-state index contributed by atoms with van der Waals surface area (Å²) in [6, 6.07) is 4.81. The molecule has 0 bridgehead atoms. The topological polar surface area (TPSA) is 92.9 Å². The maximum Gasteiger partial charge on any atom is 0.303 e. The molecule has 104 valence electrons. The van der Waals surface area contributed by atoms with Gasteiger partial charge in [0.15, 0.2) is 0 Å². The quantitative estimate of drug-likeness (QED) is 0.755. The largest absolute Gasteiger partial charge is 0.496 e. The molecule has 0 heterocycles. The first-order chi connectivity index (χ1) is 8.95. The van der Waals surface area contributed by atoms with E-state index in [1.165, 1.54) is 12.0 Å². The van der Waals surface area contributed by atoms with Gasteiger partial charge in [-0.25, -0.2) is 0 Å². The molecule has 1 rings (SSSR count). The van der Waals surface area contributed by atoms with E-state index in [0.29, 0.717) is 30.0 Å². The van der Waals surface area contributed by atoms with E-state index in [-0.39, 0.29) is 12.3 Å². The highest BCUT2D eigenvalue weighted by Gasteiger charge is 2.16. The molecule has 6 nitrogen and oxygen atoms in total. The zero-order chi connectivity index (χ0) is 14.4. The second-order valence-corrected chi connectivity index (χ2v) is 4.18. The lowest BCUT2D eigenvalue weighted by Crippen LogP contribution is -2.28. The van der Waals surface area contributed by atoms with E-state index < -0.39 is 5.97 Å². The summed E-state index contributed by atoms with van der Waals surface area (Å²) in [7, 11) is 3.09. The zero-order valence-corrected chi connectivity index (χ0v) is 11.0. The number of methoxy groups -OCH3 is 1. The third-order valence-electron chi connectivity index (χ3n) is 2.69. The minimum atomic E-state index is -0.870. The van der Waals surface area contributed by atoms with Crippen LogP contribution in [-0.4, -0.2) is 42.6 Å². The van der Waals surface area contributed by atoms with Crippen molar-refractivity contribution in [3.8, 4) is 5.75 Å². The van der Waals surface area contributed by atoms with Gasteiger partial charge in [-0.15, -0.1) is 0 Å². The van der Waals surface area contributed by atoms with Crippen LogP contribution in [-0.2, 0) is 4.79 Å². The van der Waals surface area contributed by atoms with Gasteiger partial charge in [-0.1, -0.05) is 0 Å². The molecule has 1 amide bonds. The van der Waals surface area contributed by atoms with Gasteiger partial charge in [-0.3, -0.25) is 9.59 Å². The average Bonchev–Trinajstić information content (AvgIpc) is 2.37. The zero-order valence-electron chi connectivity index (χ0n) is 11.0. The number of carbonyl (C=O) groups excluding carboxylic acids is 1. The predicted molar refractivity (Wildman–Crippen MR) is 71.2 cm³/mol. The van der Waals surface area contributed by atoms with Crippen LogP contribution in [0.1, 0.15) is 23.2 Å². The van der Waals surface area contributed by atoms with Gasteiger partial charge in [-0.05, 0) is 18.6 Å². The summed E-state index contributed by atoms with van der Waals surface area (Å²) in [4.78, 5) is 24.1. The Hall–Kier alpha value is -2.24. The number of benzene rings is 1. The molecule has 0 atom stereocenters. The van der Waals surface area contributed by atoms with Gasteiger partial charge in [0.1, 0.15) is 5.75 Å². The van der Waals surface area contributed by atoms with Gasteiger partial charge in [0.2, 0.25) is 0 Å². The Balaban J connectivity index is 2.73. The highest BCUT2D eigenvalue weighted by Crippen LogP contribution is 2.22. The lowest BCUT2D eigenvalue weighted by atomic mass is 10.1. The minimum Gasteiger partial charge on any atom is -0.496 e. The van der Waals surface area contributed by atoms with Crippen LogP contribution >= 0.6 is 0 Å². The number of nitrogens with two attached hydrogens (primary N) is 1. The van der Waals surface area contributed by atoms with Crippen molar-refractivity contribution in [2.45, 2.75) is 12.8 Å². The number of aliphatic carboxylic acids is 1. The fraction of sp³-hybridized carbons (Fsp3) is 0.385. The molecule has 0 spiro atoms. The second-order valence-electron chi connectivity index (χ2n) is 4.18. The average molecular weight is 266 g/mol. The highest BCUT2D eigenvalue weighted by molar-refractivity contribution is 5.97. The summed E-state index contributed by atoms with van der Waals surface area (Å²) in [5.74, 6) is -0.678. The number of amides is 1. The van der Waals surface area contributed by atoms with Crippen molar-refractivity contribution in [1.82, 2.24) is 4.90 Å². The van der Waals surface area contributed by atoms with Crippen LogP contribution in [0.3, 0.4) is 0 Å². The lowest BCUT2D eigenvalue weighted by Gasteiger charge is -2.18. The number of carboxylic acids is 1. The Morgan fingerprint density at radius 1 is 1.42 bits per heavy atom. The number of nitrogens with zero attached hydrogens (tertiary/aromatic N) is 1. The predicted octanol–water partition coefficient (Wildman–Crippen LogP) is 1.21. The van der Waals surface area contributed by atoms with Crippen molar-refractivity contribution in [2.24, 2.45) is 0 Å². The van der Waals surface area contributed by atoms with E-state index in [1.54, 1.807) is 25.2 Å². The van der Waals surface area contributed by atoms with Crippen molar-refractivity contribution >= 4 is 17.6 Å². The van der Waals surface area contributed by atoms with E-state index in [9.17, 15) is 9.59 Å². The van der Waals surface area contributed by atoms with E-state index in [4.69, 9.17) is 15.6 Å². The number of hydrogen-bond donors (Lipinski definition) is 2. The molecule has 1 aromatic rings. The smallest absolute Gasteiger partial charge is 0.303 e. The van der Waals surface area contributed by atoms with E-state index in [0.717, 1.165) is 0 Å². The molecule has 0 aliphatic rings. The number of anilines is 1. The minimum absolute atomic E-state index is 0.0382. The van der Waals surface area contributed by atoms with Gasteiger partial charge in [-0.2, -0.15) is 0 Å². The monoisotopic (exact) mass is 266 g/mol. The van der Waals surface area contributed by atoms with Crippen molar-refractivity contribution in [3.63, 3.8) is 0 Å². The molecule has 0 radical (unpaired) electrons. The summed E-state index contributed by atoms with van der Waals surface area (Å²) in [5.41, 5.74) is 6.55. The van der Waals surface area contributed by atoms with Gasteiger partial charge in [0, 0.05) is 31.8 Å². The van der Waals surface area contributed by atoms with E-state index in [1.807, 2.05) is 0 Å². The highest BCUT2D eigenvalue weighted by atomic mass is 16.5. The van der Waals surface area contributed by atoms with Crippen LogP contribution < -0.4 is 10.5 Å². The summed E-state index contributed by atoms with van der Waals surface area (Å²) in [6.45, 7) is 0.374. The molecule has 0 unspecified atom stereocenters. The van der Waals surface area contributed by atoms with Crippen LogP contribution in [0.15, 0.2) is 18.2 Å². The van der Waals surface area contributed by atoms with Crippen molar-refractivity contribution < 1.29 is 19.4 Å². The van der Waals surface area contributed by atoms with E-state index in [2.05, 4.69) is 0 Å². The molecule has 0 saturated heterocycles. The van der Waals surface area contributed by atoms with Crippen molar-refractivity contribution in [3.05, 3.63) is 23.8 Å². The fourth-order valence-corrected chi connectivity index (χ4v) is 1.66.